The van der Waals surface area contributed by atoms with Crippen LogP contribution in [0.1, 0.15) is 73.2 Å². The van der Waals surface area contributed by atoms with Gasteiger partial charge in [-0.25, -0.2) is 4.79 Å². The number of aromatic amines is 1. The van der Waals surface area contributed by atoms with E-state index in [2.05, 4.69) is 108 Å². The first-order valence-electron chi connectivity index (χ1n) is 17.0. The molecule has 1 saturated carbocycles. The number of hydrogen-bond donors (Lipinski definition) is 5. The van der Waals surface area contributed by atoms with Crippen LogP contribution in [0, 0.1) is 0 Å². The van der Waals surface area contributed by atoms with Crippen LogP contribution in [0.25, 0.3) is 10.9 Å². The van der Waals surface area contributed by atoms with Gasteiger partial charge in [0, 0.05) is 40.9 Å². The Morgan fingerprint density at radius 1 is 0.878 bits per heavy atom. The first-order valence-corrected chi connectivity index (χ1v) is 17.0. The number of rotatable bonds is 11. The number of carboxylic acids is 3. The van der Waals surface area contributed by atoms with Crippen molar-refractivity contribution in [2.24, 2.45) is 0 Å². The molecule has 2 aliphatic rings. The average molecular weight is 670 g/mol. The lowest BCUT2D eigenvalue weighted by atomic mass is 9.70. The van der Waals surface area contributed by atoms with Crippen LogP contribution in [0.4, 0.5) is 5.69 Å². The number of fused-ring (bicyclic) bond motifs is 2. The van der Waals surface area contributed by atoms with Gasteiger partial charge in [-0.1, -0.05) is 66.7 Å². The standard InChI is InChI=1S/C33H39N3.C6H8O7/c1-35(2)33(27-13-4-3-5-14-27)21-18-26(19-22-33)32-29(28-15-7-8-16-30(28)34-32)20-24-36-23-10-12-25-11-6-9-17-31(25)36;7-3(8)1-6(13,5(11)12)2-4(9)10/h3-9,11,13-17,26,34H,10,12,18-24H2,1-2H3;13H,1-2H2,(H,7,8)(H,9,10)(H,11,12). The van der Waals surface area contributed by atoms with Crippen LogP contribution in [-0.2, 0) is 32.8 Å². The molecule has 5 N–H and O–H groups in total. The van der Waals surface area contributed by atoms with E-state index < -0.39 is 36.4 Å². The number of benzene rings is 3. The first kappa shape index (κ1) is 35.6. The second kappa shape index (κ2) is 15.3. The van der Waals surface area contributed by atoms with Crippen molar-refractivity contribution in [1.82, 2.24) is 9.88 Å². The second-order valence-electron chi connectivity index (χ2n) is 13.6. The van der Waals surface area contributed by atoms with Gasteiger partial charge in [0.05, 0.1) is 12.8 Å². The lowest BCUT2D eigenvalue weighted by molar-refractivity contribution is -0.170. The number of carboxylic acid groups (broad SMARTS) is 3. The number of nitrogens with one attached hydrogen (secondary N) is 1. The smallest absolute Gasteiger partial charge is 0.336 e. The van der Waals surface area contributed by atoms with Gasteiger partial charge in [0.1, 0.15) is 0 Å². The SMILES string of the molecule is CN(C)C1(c2ccccc2)CCC(c2[nH]c3ccccc3c2CCN2CCCc3ccccc32)CC1.O=C(O)CC(O)(CC(=O)O)C(=O)O. The summed E-state index contributed by atoms with van der Waals surface area (Å²) in [7, 11) is 4.52. The molecule has 6 rings (SSSR count). The van der Waals surface area contributed by atoms with E-state index in [1.54, 1.807) is 5.56 Å². The molecule has 3 aromatic carbocycles. The Bertz CT molecular complexity index is 1740. The summed E-state index contributed by atoms with van der Waals surface area (Å²) in [5, 5.41) is 35.2. The van der Waals surface area contributed by atoms with Crippen LogP contribution in [0.3, 0.4) is 0 Å². The Morgan fingerprint density at radius 2 is 1.49 bits per heavy atom. The minimum absolute atomic E-state index is 0.140. The van der Waals surface area contributed by atoms with Crippen molar-refractivity contribution in [3.63, 3.8) is 0 Å². The van der Waals surface area contributed by atoms with Gasteiger partial charge < -0.3 is 30.3 Å². The predicted octanol–water partition coefficient (Wildman–Crippen LogP) is 6.03. The summed E-state index contributed by atoms with van der Waals surface area (Å²) < 4.78 is 0. The lowest BCUT2D eigenvalue weighted by Crippen LogP contribution is -2.44. The summed E-state index contributed by atoms with van der Waals surface area (Å²) in [5.74, 6) is -4.42. The van der Waals surface area contributed by atoms with Crippen LogP contribution in [0.5, 0.6) is 0 Å². The van der Waals surface area contributed by atoms with Gasteiger partial charge in [-0.05, 0) is 93.8 Å². The number of aliphatic hydroxyl groups is 1. The van der Waals surface area contributed by atoms with Crippen molar-refractivity contribution in [2.75, 3.05) is 32.1 Å². The van der Waals surface area contributed by atoms with Gasteiger partial charge in [-0.2, -0.15) is 0 Å². The minimum atomic E-state index is -2.74. The zero-order valence-corrected chi connectivity index (χ0v) is 28.3. The summed E-state index contributed by atoms with van der Waals surface area (Å²) in [6.07, 6.45) is 6.12. The molecular weight excluding hydrogens is 622 g/mol. The van der Waals surface area contributed by atoms with E-state index >= 15 is 0 Å². The van der Waals surface area contributed by atoms with E-state index in [1.807, 2.05) is 0 Å². The van der Waals surface area contributed by atoms with Crippen molar-refractivity contribution in [3.05, 3.63) is 101 Å². The summed E-state index contributed by atoms with van der Waals surface area (Å²) in [6, 6.07) is 29.1. The van der Waals surface area contributed by atoms with Crippen LogP contribution in [0.15, 0.2) is 78.9 Å². The van der Waals surface area contributed by atoms with Crippen LogP contribution in [-0.4, -0.2) is 81.0 Å². The van der Waals surface area contributed by atoms with Crippen molar-refractivity contribution < 1.29 is 34.8 Å². The molecule has 49 heavy (non-hydrogen) atoms. The highest BCUT2D eigenvalue weighted by Gasteiger charge is 2.41. The third-order valence-corrected chi connectivity index (χ3v) is 10.4. The highest BCUT2D eigenvalue weighted by molar-refractivity contribution is 5.88. The van der Waals surface area contributed by atoms with Crippen molar-refractivity contribution in [3.8, 4) is 0 Å². The Hall–Kier alpha value is -4.67. The summed E-state index contributed by atoms with van der Waals surface area (Å²) in [6.45, 7) is 2.25. The number of aryl methyl sites for hydroxylation is 1. The van der Waals surface area contributed by atoms with Crippen LogP contribution < -0.4 is 4.90 Å². The maximum atomic E-state index is 10.3. The normalized spacial score (nSPS) is 19.2. The number of hydrogen-bond acceptors (Lipinski definition) is 6. The maximum Gasteiger partial charge on any atom is 0.336 e. The van der Waals surface area contributed by atoms with E-state index in [0.717, 1.165) is 13.0 Å². The Balaban J connectivity index is 0.000000308. The van der Waals surface area contributed by atoms with Gasteiger partial charge >= 0.3 is 17.9 Å². The first-order chi connectivity index (χ1) is 23.4. The fourth-order valence-electron chi connectivity index (χ4n) is 7.77. The third kappa shape index (κ3) is 7.98. The molecule has 0 saturated heterocycles. The fourth-order valence-corrected chi connectivity index (χ4v) is 7.77. The van der Waals surface area contributed by atoms with Gasteiger partial charge in [0.25, 0.3) is 0 Å². The Labute approximate surface area is 287 Å². The number of nitrogens with zero attached hydrogens (tertiary/aromatic N) is 2. The molecule has 4 aromatic rings. The third-order valence-electron chi connectivity index (χ3n) is 10.4. The molecular formula is C39H47N3O7. The van der Waals surface area contributed by atoms with Gasteiger partial charge in [-0.15, -0.1) is 0 Å². The van der Waals surface area contributed by atoms with E-state index in [1.165, 1.54) is 78.5 Å². The molecule has 1 aliphatic carbocycles. The second-order valence-corrected chi connectivity index (χ2v) is 13.6. The van der Waals surface area contributed by atoms with Crippen LogP contribution >= 0.6 is 0 Å². The molecule has 1 aliphatic heterocycles. The highest BCUT2D eigenvalue weighted by Crippen LogP contribution is 2.47. The number of H-pyrrole nitrogens is 1. The molecule has 1 aromatic heterocycles. The van der Waals surface area contributed by atoms with Crippen molar-refractivity contribution in [1.29, 1.82) is 0 Å². The number of aliphatic carboxylic acids is 3. The zero-order chi connectivity index (χ0) is 35.2. The zero-order valence-electron chi connectivity index (χ0n) is 28.3. The molecule has 0 unspecified atom stereocenters. The molecule has 0 spiro atoms. The van der Waals surface area contributed by atoms with E-state index in [0.29, 0.717) is 5.92 Å². The monoisotopic (exact) mass is 669 g/mol. The molecule has 0 bridgehead atoms. The Kier molecular flexibility index (Phi) is 11.1. The molecule has 10 nitrogen and oxygen atoms in total. The van der Waals surface area contributed by atoms with Gasteiger partial charge in [0.15, 0.2) is 5.60 Å². The molecule has 0 radical (unpaired) electrons. The van der Waals surface area contributed by atoms with Gasteiger partial charge in [0.2, 0.25) is 0 Å². The summed E-state index contributed by atoms with van der Waals surface area (Å²) in [5.41, 5.74) is 6.18. The lowest BCUT2D eigenvalue weighted by Gasteiger charge is -2.45. The fraction of sp³-hybridized carbons (Fsp3) is 0.410. The topological polar surface area (TPSA) is 154 Å². The molecule has 10 heteroatoms. The number of carbonyl (C=O) groups is 3. The molecule has 2 heterocycles. The summed E-state index contributed by atoms with van der Waals surface area (Å²) >= 11 is 0. The highest BCUT2D eigenvalue weighted by atomic mass is 16.4. The summed E-state index contributed by atoms with van der Waals surface area (Å²) in [4.78, 5) is 39.5. The van der Waals surface area contributed by atoms with Crippen molar-refractivity contribution in [2.45, 2.75) is 74.8 Å². The van der Waals surface area contributed by atoms with E-state index in [4.69, 9.17) is 20.4 Å². The molecule has 260 valence electrons. The quantitative estimate of drug-likeness (QED) is 0.129. The van der Waals surface area contributed by atoms with Crippen LogP contribution in [0.2, 0.25) is 0 Å². The minimum Gasteiger partial charge on any atom is -0.481 e. The van der Waals surface area contributed by atoms with E-state index in [9.17, 15) is 14.4 Å². The Morgan fingerprint density at radius 3 is 2.12 bits per heavy atom. The van der Waals surface area contributed by atoms with E-state index in [-0.39, 0.29) is 5.54 Å². The molecule has 0 atom stereocenters. The van der Waals surface area contributed by atoms with Crippen molar-refractivity contribution >= 4 is 34.5 Å². The number of aromatic nitrogens is 1. The molecule has 1 fully saturated rings. The van der Waals surface area contributed by atoms with Gasteiger partial charge in [-0.3, -0.25) is 14.5 Å². The maximum absolute atomic E-state index is 10.3. The number of anilines is 1. The largest absolute Gasteiger partial charge is 0.481 e. The average Bonchev–Trinajstić information content (AvgIpc) is 3.45. The number of para-hydroxylation sites is 2. The predicted molar refractivity (Wildman–Crippen MR) is 189 cm³/mol. The molecule has 0 amide bonds.